The number of aryl methyl sites for hydroxylation is 1. The second-order valence-corrected chi connectivity index (χ2v) is 4.46. The van der Waals surface area contributed by atoms with Gasteiger partial charge in [-0.3, -0.25) is 9.36 Å². The summed E-state index contributed by atoms with van der Waals surface area (Å²) in [5, 5.41) is 12.0. The van der Waals surface area contributed by atoms with E-state index >= 15 is 0 Å². The molecule has 0 aromatic carbocycles. The molecule has 92 valence electrons. The first-order valence-corrected chi connectivity index (χ1v) is 5.60. The van der Waals surface area contributed by atoms with E-state index in [0.29, 0.717) is 24.4 Å². The van der Waals surface area contributed by atoms with Crippen molar-refractivity contribution in [3.05, 3.63) is 22.4 Å². The van der Waals surface area contributed by atoms with Gasteiger partial charge >= 0.3 is 5.97 Å². The molecule has 0 spiro atoms. The quantitative estimate of drug-likeness (QED) is 0.805. The highest BCUT2D eigenvalue weighted by molar-refractivity contribution is 5.72. The van der Waals surface area contributed by atoms with Crippen LogP contribution in [0.4, 0.5) is 5.69 Å². The number of carbonyl (C=O) groups is 1. The van der Waals surface area contributed by atoms with Crippen molar-refractivity contribution >= 4 is 11.7 Å². The Hall–Kier alpha value is -1.85. The van der Waals surface area contributed by atoms with Gasteiger partial charge in [0.25, 0.3) is 5.56 Å². The van der Waals surface area contributed by atoms with E-state index in [9.17, 15) is 9.59 Å². The Morgan fingerprint density at radius 1 is 1.65 bits per heavy atom. The van der Waals surface area contributed by atoms with Gasteiger partial charge in [-0.25, -0.2) is 9.78 Å². The molecular weight excluding hydrogens is 222 g/mol. The van der Waals surface area contributed by atoms with Crippen LogP contribution in [0.25, 0.3) is 0 Å². The number of carboxylic acids is 1. The molecule has 1 aromatic rings. The highest BCUT2D eigenvalue weighted by atomic mass is 16.4. The fraction of sp³-hybridized carbons (Fsp3) is 0.545. The fourth-order valence-corrected chi connectivity index (χ4v) is 2.05. The Morgan fingerprint density at radius 3 is 2.94 bits per heavy atom. The summed E-state index contributed by atoms with van der Waals surface area (Å²) in [6.07, 6.45) is 2.45. The van der Waals surface area contributed by atoms with Crippen LogP contribution in [0, 0.1) is 0 Å². The SMILES string of the molecule is CC(C)Nc1cnc2n(c1=O)C(C(=O)O)CC2. The monoisotopic (exact) mass is 237 g/mol. The summed E-state index contributed by atoms with van der Waals surface area (Å²) in [5.74, 6) is -0.425. The lowest BCUT2D eigenvalue weighted by molar-refractivity contribution is -0.140. The normalized spacial score (nSPS) is 18.2. The first-order valence-electron chi connectivity index (χ1n) is 5.60. The summed E-state index contributed by atoms with van der Waals surface area (Å²) in [6, 6.07) is -0.674. The minimum atomic E-state index is -0.977. The third kappa shape index (κ3) is 2.02. The van der Waals surface area contributed by atoms with Crippen LogP contribution >= 0.6 is 0 Å². The number of hydrogen-bond donors (Lipinski definition) is 2. The average Bonchev–Trinajstić information content (AvgIpc) is 2.66. The molecule has 6 nitrogen and oxygen atoms in total. The van der Waals surface area contributed by atoms with Gasteiger partial charge in [0.1, 0.15) is 17.6 Å². The van der Waals surface area contributed by atoms with E-state index in [2.05, 4.69) is 10.3 Å². The Balaban J connectivity index is 2.47. The average molecular weight is 237 g/mol. The third-order valence-corrected chi connectivity index (χ3v) is 2.75. The van der Waals surface area contributed by atoms with Gasteiger partial charge in [0, 0.05) is 12.5 Å². The number of rotatable bonds is 3. The van der Waals surface area contributed by atoms with Gasteiger partial charge in [0.2, 0.25) is 0 Å². The minimum Gasteiger partial charge on any atom is -0.480 e. The lowest BCUT2D eigenvalue weighted by Gasteiger charge is -2.13. The van der Waals surface area contributed by atoms with Crippen molar-refractivity contribution in [3.8, 4) is 0 Å². The van der Waals surface area contributed by atoms with Crippen molar-refractivity contribution in [1.29, 1.82) is 0 Å². The van der Waals surface area contributed by atoms with E-state index in [4.69, 9.17) is 5.11 Å². The van der Waals surface area contributed by atoms with Crippen molar-refractivity contribution in [3.63, 3.8) is 0 Å². The van der Waals surface area contributed by atoms with E-state index in [1.54, 1.807) is 0 Å². The van der Waals surface area contributed by atoms with Crippen LogP contribution in [0.3, 0.4) is 0 Å². The van der Waals surface area contributed by atoms with E-state index < -0.39 is 12.0 Å². The van der Waals surface area contributed by atoms with Crippen LogP contribution in [-0.2, 0) is 11.2 Å². The van der Waals surface area contributed by atoms with Gasteiger partial charge in [-0.15, -0.1) is 0 Å². The Labute approximate surface area is 98.3 Å². The molecule has 0 fully saturated rings. The largest absolute Gasteiger partial charge is 0.480 e. The second kappa shape index (κ2) is 4.20. The van der Waals surface area contributed by atoms with Gasteiger partial charge in [0.05, 0.1) is 6.20 Å². The zero-order valence-corrected chi connectivity index (χ0v) is 9.80. The highest BCUT2D eigenvalue weighted by Crippen LogP contribution is 2.22. The maximum atomic E-state index is 12.1. The molecule has 1 atom stereocenters. The van der Waals surface area contributed by atoms with Crippen molar-refractivity contribution in [2.45, 2.75) is 38.8 Å². The summed E-state index contributed by atoms with van der Waals surface area (Å²) in [4.78, 5) is 27.3. The maximum Gasteiger partial charge on any atom is 0.326 e. The molecule has 2 rings (SSSR count). The first kappa shape index (κ1) is 11.6. The smallest absolute Gasteiger partial charge is 0.326 e. The number of anilines is 1. The molecule has 0 bridgehead atoms. The van der Waals surface area contributed by atoms with Crippen LogP contribution < -0.4 is 10.9 Å². The molecule has 1 aliphatic heterocycles. The Kier molecular flexibility index (Phi) is 2.87. The van der Waals surface area contributed by atoms with Crippen LogP contribution in [0.5, 0.6) is 0 Å². The van der Waals surface area contributed by atoms with Crippen LogP contribution in [0.2, 0.25) is 0 Å². The predicted octanol–water partition coefficient (Wildman–Crippen LogP) is 0.635. The lowest BCUT2D eigenvalue weighted by atomic mass is 10.2. The number of nitrogens with zero attached hydrogens (tertiary/aromatic N) is 2. The predicted molar refractivity (Wildman–Crippen MR) is 62.2 cm³/mol. The summed E-state index contributed by atoms with van der Waals surface area (Å²) in [5.41, 5.74) is 0.0606. The molecule has 17 heavy (non-hydrogen) atoms. The number of carboxylic acid groups (broad SMARTS) is 1. The van der Waals surface area contributed by atoms with Crippen LogP contribution in [0.15, 0.2) is 11.0 Å². The van der Waals surface area contributed by atoms with Gasteiger partial charge in [-0.1, -0.05) is 0 Å². The maximum absolute atomic E-state index is 12.1. The van der Waals surface area contributed by atoms with Gasteiger partial charge < -0.3 is 10.4 Å². The topological polar surface area (TPSA) is 84.2 Å². The summed E-state index contributed by atoms with van der Waals surface area (Å²) in [7, 11) is 0. The highest BCUT2D eigenvalue weighted by Gasteiger charge is 2.30. The van der Waals surface area contributed by atoms with E-state index in [1.165, 1.54) is 10.8 Å². The summed E-state index contributed by atoms with van der Waals surface area (Å²) in [6.45, 7) is 3.82. The Bertz CT molecular complexity index is 507. The second-order valence-electron chi connectivity index (χ2n) is 4.46. The molecular formula is C11H15N3O3. The zero-order valence-electron chi connectivity index (χ0n) is 9.80. The molecule has 0 aliphatic carbocycles. The van der Waals surface area contributed by atoms with Crippen LogP contribution in [0.1, 0.15) is 32.1 Å². The molecule has 2 heterocycles. The van der Waals surface area contributed by atoms with E-state index in [1.807, 2.05) is 13.8 Å². The zero-order chi connectivity index (χ0) is 12.6. The molecule has 1 unspecified atom stereocenters. The molecule has 2 N–H and O–H groups in total. The Morgan fingerprint density at radius 2 is 2.35 bits per heavy atom. The van der Waals surface area contributed by atoms with Crippen molar-refractivity contribution in [2.75, 3.05) is 5.32 Å². The summed E-state index contributed by atoms with van der Waals surface area (Å²) >= 11 is 0. The van der Waals surface area contributed by atoms with Crippen molar-refractivity contribution < 1.29 is 9.90 Å². The van der Waals surface area contributed by atoms with E-state index in [0.717, 1.165) is 0 Å². The lowest BCUT2D eigenvalue weighted by Crippen LogP contribution is -2.31. The van der Waals surface area contributed by atoms with Gasteiger partial charge in [-0.2, -0.15) is 0 Å². The standard InChI is InChI=1S/C11H15N3O3/c1-6(2)13-7-5-12-9-4-3-8(11(16)17)14(9)10(7)15/h5-6,8,13H,3-4H2,1-2H3,(H,16,17). The molecule has 1 aliphatic rings. The number of nitrogens with one attached hydrogen (secondary N) is 1. The number of hydrogen-bond acceptors (Lipinski definition) is 4. The minimum absolute atomic E-state index is 0.104. The molecule has 0 amide bonds. The third-order valence-electron chi connectivity index (χ3n) is 2.75. The summed E-state index contributed by atoms with van der Waals surface area (Å²) < 4.78 is 1.28. The number of aromatic nitrogens is 2. The van der Waals surface area contributed by atoms with Crippen molar-refractivity contribution in [1.82, 2.24) is 9.55 Å². The first-order chi connectivity index (χ1) is 8.00. The molecule has 0 saturated heterocycles. The molecule has 0 radical (unpaired) electrons. The fourth-order valence-electron chi connectivity index (χ4n) is 2.05. The molecule has 6 heteroatoms. The van der Waals surface area contributed by atoms with Gasteiger partial charge in [-0.05, 0) is 20.3 Å². The molecule has 0 saturated carbocycles. The molecule has 1 aromatic heterocycles. The van der Waals surface area contributed by atoms with E-state index in [-0.39, 0.29) is 11.6 Å². The van der Waals surface area contributed by atoms with Gasteiger partial charge in [0.15, 0.2) is 0 Å². The number of aliphatic carboxylic acids is 1. The van der Waals surface area contributed by atoms with Crippen molar-refractivity contribution in [2.24, 2.45) is 0 Å². The number of fused-ring (bicyclic) bond motifs is 1. The van der Waals surface area contributed by atoms with Crippen LogP contribution in [-0.4, -0.2) is 26.7 Å².